The van der Waals surface area contributed by atoms with E-state index in [1.54, 1.807) is 17.7 Å². The first-order valence-corrected chi connectivity index (χ1v) is 8.80. The van der Waals surface area contributed by atoms with E-state index in [4.69, 9.17) is 0 Å². The van der Waals surface area contributed by atoms with Crippen molar-refractivity contribution in [3.63, 3.8) is 0 Å². The predicted octanol–water partition coefficient (Wildman–Crippen LogP) is 2.21. The smallest absolute Gasteiger partial charge is 0.242 e. The Labute approximate surface area is 143 Å². The van der Waals surface area contributed by atoms with Crippen molar-refractivity contribution in [2.45, 2.75) is 18.9 Å². The van der Waals surface area contributed by atoms with Crippen molar-refractivity contribution in [3.8, 4) is 0 Å². The minimum atomic E-state index is 0.125. The Morgan fingerprint density at radius 2 is 2.38 bits per heavy atom. The van der Waals surface area contributed by atoms with Gasteiger partial charge in [-0.25, -0.2) is 15.0 Å². The monoisotopic (exact) mass is 342 g/mol. The summed E-state index contributed by atoms with van der Waals surface area (Å²) in [5.41, 5.74) is 1.36. The fourth-order valence-corrected chi connectivity index (χ4v) is 4.13. The molecule has 0 unspecified atom stereocenters. The second-order valence-corrected chi connectivity index (χ2v) is 6.89. The summed E-state index contributed by atoms with van der Waals surface area (Å²) in [4.78, 5) is 33.5. The molecule has 1 saturated heterocycles. The number of imidazole rings is 1. The SMILES string of the molecule is CN(CC(=O)N1CCC[C@H]1c1cccs1)c1ncnc2nc[nH]c12. The summed E-state index contributed by atoms with van der Waals surface area (Å²) in [6.45, 7) is 1.10. The van der Waals surface area contributed by atoms with Gasteiger partial charge in [-0.1, -0.05) is 6.07 Å². The van der Waals surface area contributed by atoms with E-state index in [2.05, 4.69) is 31.4 Å². The number of aromatic amines is 1. The zero-order chi connectivity index (χ0) is 16.5. The molecule has 3 aromatic rings. The molecule has 4 heterocycles. The molecule has 3 aromatic heterocycles. The molecule has 1 fully saturated rings. The molecule has 24 heavy (non-hydrogen) atoms. The molecule has 1 aliphatic rings. The van der Waals surface area contributed by atoms with E-state index < -0.39 is 0 Å². The fraction of sp³-hybridized carbons (Fsp3) is 0.375. The van der Waals surface area contributed by atoms with Crippen LogP contribution in [0.25, 0.3) is 11.2 Å². The van der Waals surface area contributed by atoms with Crippen LogP contribution in [0.3, 0.4) is 0 Å². The molecule has 4 rings (SSSR count). The Bertz CT molecular complexity index is 845. The van der Waals surface area contributed by atoms with Gasteiger partial charge in [0.1, 0.15) is 11.8 Å². The van der Waals surface area contributed by atoms with Gasteiger partial charge in [-0.3, -0.25) is 4.79 Å². The molecule has 0 aromatic carbocycles. The molecule has 1 amide bonds. The van der Waals surface area contributed by atoms with Crippen molar-refractivity contribution in [1.29, 1.82) is 0 Å². The number of nitrogens with one attached hydrogen (secondary N) is 1. The largest absolute Gasteiger partial charge is 0.348 e. The van der Waals surface area contributed by atoms with Crippen molar-refractivity contribution < 1.29 is 4.79 Å². The molecule has 1 N–H and O–H groups in total. The van der Waals surface area contributed by atoms with Gasteiger partial charge < -0.3 is 14.8 Å². The average Bonchev–Trinajstić information content (AvgIpc) is 3.32. The lowest BCUT2D eigenvalue weighted by Crippen LogP contribution is -2.38. The second-order valence-electron chi connectivity index (χ2n) is 5.92. The highest BCUT2D eigenvalue weighted by Gasteiger charge is 2.31. The van der Waals surface area contributed by atoms with Crippen LogP contribution in [0.2, 0.25) is 0 Å². The van der Waals surface area contributed by atoms with E-state index in [-0.39, 0.29) is 18.5 Å². The highest BCUT2D eigenvalue weighted by molar-refractivity contribution is 7.10. The van der Waals surface area contributed by atoms with Gasteiger partial charge in [-0.05, 0) is 24.3 Å². The topological polar surface area (TPSA) is 78.0 Å². The van der Waals surface area contributed by atoms with E-state index in [1.165, 1.54) is 11.2 Å². The number of hydrogen-bond donors (Lipinski definition) is 1. The molecule has 7 nitrogen and oxygen atoms in total. The van der Waals surface area contributed by atoms with Gasteiger partial charge in [0.05, 0.1) is 18.9 Å². The quantitative estimate of drug-likeness (QED) is 0.786. The van der Waals surface area contributed by atoms with Gasteiger partial charge in [0.25, 0.3) is 0 Å². The maximum atomic E-state index is 12.8. The van der Waals surface area contributed by atoms with Crippen LogP contribution in [0.4, 0.5) is 5.82 Å². The number of carbonyl (C=O) groups is 1. The minimum absolute atomic E-state index is 0.125. The predicted molar refractivity (Wildman–Crippen MR) is 93.0 cm³/mol. The average molecular weight is 342 g/mol. The van der Waals surface area contributed by atoms with E-state index >= 15 is 0 Å². The molecule has 0 radical (unpaired) electrons. The Morgan fingerprint density at radius 1 is 1.46 bits per heavy atom. The third kappa shape index (κ3) is 2.62. The number of H-pyrrole nitrogens is 1. The lowest BCUT2D eigenvalue weighted by atomic mass is 10.2. The van der Waals surface area contributed by atoms with Crippen LogP contribution in [0, 0.1) is 0 Å². The zero-order valence-corrected chi connectivity index (χ0v) is 14.2. The van der Waals surface area contributed by atoms with Crippen LogP contribution < -0.4 is 4.90 Å². The molecule has 1 aliphatic heterocycles. The van der Waals surface area contributed by atoms with Crippen LogP contribution in [0.1, 0.15) is 23.8 Å². The second kappa shape index (κ2) is 6.20. The number of likely N-dealkylation sites (N-methyl/N-ethyl adjacent to an activating group) is 1. The van der Waals surface area contributed by atoms with E-state index in [0.29, 0.717) is 11.5 Å². The number of thiophene rings is 1. The highest BCUT2D eigenvalue weighted by Crippen LogP contribution is 2.34. The number of aromatic nitrogens is 4. The normalized spacial score (nSPS) is 17.5. The molecule has 0 saturated carbocycles. The number of rotatable bonds is 4. The summed E-state index contributed by atoms with van der Waals surface area (Å²) in [5, 5.41) is 2.07. The van der Waals surface area contributed by atoms with Gasteiger partial charge in [0.15, 0.2) is 11.5 Å². The molecule has 1 atom stereocenters. The van der Waals surface area contributed by atoms with Crippen molar-refractivity contribution in [3.05, 3.63) is 35.0 Å². The summed E-state index contributed by atoms with van der Waals surface area (Å²) in [6.07, 6.45) is 5.15. The van der Waals surface area contributed by atoms with E-state index in [0.717, 1.165) is 24.9 Å². The lowest BCUT2D eigenvalue weighted by molar-refractivity contribution is -0.130. The van der Waals surface area contributed by atoms with Crippen molar-refractivity contribution in [2.75, 3.05) is 25.0 Å². The highest BCUT2D eigenvalue weighted by atomic mass is 32.1. The number of anilines is 1. The molecule has 0 spiro atoms. The third-order valence-corrected chi connectivity index (χ3v) is 5.36. The number of fused-ring (bicyclic) bond motifs is 1. The fourth-order valence-electron chi connectivity index (χ4n) is 3.25. The maximum Gasteiger partial charge on any atom is 0.242 e. The minimum Gasteiger partial charge on any atom is -0.348 e. The van der Waals surface area contributed by atoms with Gasteiger partial charge in [0, 0.05) is 18.5 Å². The van der Waals surface area contributed by atoms with Crippen LogP contribution in [0.5, 0.6) is 0 Å². The molecular weight excluding hydrogens is 324 g/mol. The van der Waals surface area contributed by atoms with Gasteiger partial charge >= 0.3 is 0 Å². The maximum absolute atomic E-state index is 12.8. The van der Waals surface area contributed by atoms with E-state index in [9.17, 15) is 4.79 Å². The number of nitrogens with zero attached hydrogens (tertiary/aromatic N) is 5. The third-order valence-electron chi connectivity index (χ3n) is 4.38. The number of amides is 1. The first kappa shape index (κ1) is 15.1. The molecule has 0 bridgehead atoms. The van der Waals surface area contributed by atoms with Gasteiger partial charge in [-0.15, -0.1) is 11.3 Å². The van der Waals surface area contributed by atoms with Crippen LogP contribution in [-0.2, 0) is 4.79 Å². The standard InChI is InChI=1S/C16H18N6OS/c1-21(16-14-15(18-9-17-14)19-10-20-16)8-13(23)22-6-2-4-11(22)12-5-3-7-24-12/h3,5,7,9-11H,2,4,6,8H2,1H3,(H,17,18,19,20)/t11-/m0/s1. The number of likely N-dealkylation sites (tertiary alicyclic amines) is 1. The summed E-state index contributed by atoms with van der Waals surface area (Å²) in [5.74, 6) is 0.817. The summed E-state index contributed by atoms with van der Waals surface area (Å²) in [7, 11) is 1.87. The van der Waals surface area contributed by atoms with Gasteiger partial charge in [-0.2, -0.15) is 0 Å². The summed E-state index contributed by atoms with van der Waals surface area (Å²) in [6, 6.07) is 4.37. The molecule has 124 valence electrons. The van der Waals surface area contributed by atoms with Crippen molar-refractivity contribution in [1.82, 2.24) is 24.8 Å². The van der Waals surface area contributed by atoms with Crippen LogP contribution >= 0.6 is 11.3 Å². The molecule has 0 aliphatic carbocycles. The molecular formula is C16H18N6OS. The first-order chi connectivity index (χ1) is 11.7. The Morgan fingerprint density at radius 3 is 3.21 bits per heavy atom. The molecule has 8 heteroatoms. The van der Waals surface area contributed by atoms with Gasteiger partial charge in [0.2, 0.25) is 5.91 Å². The van der Waals surface area contributed by atoms with Crippen molar-refractivity contribution in [2.24, 2.45) is 0 Å². The summed E-state index contributed by atoms with van der Waals surface area (Å²) < 4.78 is 0. The van der Waals surface area contributed by atoms with Crippen molar-refractivity contribution >= 4 is 34.2 Å². The number of hydrogen-bond acceptors (Lipinski definition) is 6. The Balaban J connectivity index is 1.52. The van der Waals surface area contributed by atoms with Crippen LogP contribution in [0.15, 0.2) is 30.2 Å². The number of carbonyl (C=O) groups excluding carboxylic acids is 1. The summed E-state index contributed by atoms with van der Waals surface area (Å²) >= 11 is 1.72. The Hall–Kier alpha value is -2.48. The zero-order valence-electron chi connectivity index (χ0n) is 13.3. The Kier molecular flexibility index (Phi) is 3.89. The van der Waals surface area contributed by atoms with Crippen LogP contribution in [-0.4, -0.2) is 50.9 Å². The lowest BCUT2D eigenvalue weighted by Gasteiger charge is -2.27. The first-order valence-electron chi connectivity index (χ1n) is 7.92. The van der Waals surface area contributed by atoms with E-state index in [1.807, 2.05) is 22.9 Å².